The maximum atomic E-state index is 13.2. The highest BCUT2D eigenvalue weighted by Gasteiger charge is 2.64. The number of carbonyl (C=O) groups excluding carboxylic acids is 2. The lowest BCUT2D eigenvalue weighted by atomic mass is 9.64. The summed E-state index contributed by atoms with van der Waals surface area (Å²) in [5.74, 6) is 1.66. The van der Waals surface area contributed by atoms with Gasteiger partial charge in [0, 0.05) is 49.1 Å². The van der Waals surface area contributed by atoms with Crippen LogP contribution in [0.5, 0.6) is 11.5 Å². The molecule has 6 rings (SSSR count). The predicted molar refractivity (Wildman–Crippen MR) is 126 cm³/mol. The van der Waals surface area contributed by atoms with Crippen LogP contribution in [-0.4, -0.2) is 47.8 Å². The van der Waals surface area contributed by atoms with E-state index in [-0.39, 0.29) is 36.2 Å². The van der Waals surface area contributed by atoms with Crippen molar-refractivity contribution in [1.82, 2.24) is 4.90 Å². The van der Waals surface area contributed by atoms with Crippen molar-refractivity contribution in [3.05, 3.63) is 53.6 Å². The van der Waals surface area contributed by atoms with E-state index >= 15 is 0 Å². The molecule has 2 fully saturated rings. The second-order valence-electron chi connectivity index (χ2n) is 10.8. The molecule has 34 heavy (non-hydrogen) atoms. The van der Waals surface area contributed by atoms with Gasteiger partial charge >= 0.3 is 6.09 Å². The summed E-state index contributed by atoms with van der Waals surface area (Å²) in [6.07, 6.45) is 1.26. The predicted octanol–water partition coefficient (Wildman–Crippen LogP) is 4.41. The first-order valence-electron chi connectivity index (χ1n) is 12.0. The molecule has 1 spiro atoms. The van der Waals surface area contributed by atoms with E-state index in [2.05, 4.69) is 29.2 Å². The fraction of sp³-hybridized carbons (Fsp3) is 0.481. The first-order chi connectivity index (χ1) is 16.3. The molecule has 0 radical (unpaired) electrons. The molecule has 7 heteroatoms. The number of benzene rings is 2. The van der Waals surface area contributed by atoms with Gasteiger partial charge in [-0.3, -0.25) is 4.79 Å². The van der Waals surface area contributed by atoms with Crippen LogP contribution in [0, 0.1) is 0 Å². The molecule has 0 aromatic heterocycles. The van der Waals surface area contributed by atoms with E-state index in [9.17, 15) is 9.59 Å². The molecular formula is C27H30N2O5. The number of carbonyl (C=O) groups is 2. The van der Waals surface area contributed by atoms with Gasteiger partial charge in [-0.15, -0.1) is 0 Å². The smallest absolute Gasteiger partial charge is 0.410 e. The number of ketones is 1. The molecule has 1 aliphatic carbocycles. The number of nitrogens with zero attached hydrogens (tertiary/aromatic N) is 2. The summed E-state index contributed by atoms with van der Waals surface area (Å²) in [4.78, 5) is 30.5. The normalized spacial score (nSPS) is 26.9. The number of likely N-dealkylation sites (tertiary alicyclic amines) is 1. The molecule has 7 nitrogen and oxygen atoms in total. The van der Waals surface area contributed by atoms with Crippen LogP contribution in [0.25, 0.3) is 0 Å². The number of amides is 1. The Morgan fingerprint density at radius 1 is 1.09 bits per heavy atom. The van der Waals surface area contributed by atoms with Crippen molar-refractivity contribution in [3.8, 4) is 11.5 Å². The first kappa shape index (κ1) is 21.3. The van der Waals surface area contributed by atoms with Gasteiger partial charge in [0.05, 0.1) is 6.04 Å². The molecule has 1 amide bonds. The van der Waals surface area contributed by atoms with Crippen LogP contribution < -0.4 is 14.4 Å². The third kappa shape index (κ3) is 3.16. The van der Waals surface area contributed by atoms with Crippen LogP contribution in [0.3, 0.4) is 0 Å². The summed E-state index contributed by atoms with van der Waals surface area (Å²) in [5.41, 5.74) is 2.46. The summed E-state index contributed by atoms with van der Waals surface area (Å²) in [6, 6.07) is 14.2. The van der Waals surface area contributed by atoms with Crippen molar-refractivity contribution < 1.29 is 23.8 Å². The van der Waals surface area contributed by atoms with Crippen molar-refractivity contribution in [2.24, 2.45) is 0 Å². The maximum Gasteiger partial charge on any atom is 0.410 e. The van der Waals surface area contributed by atoms with Gasteiger partial charge in [0.1, 0.15) is 11.4 Å². The largest absolute Gasteiger partial charge is 0.454 e. The van der Waals surface area contributed by atoms with Gasteiger partial charge < -0.3 is 24.0 Å². The number of hydrogen-bond acceptors (Lipinski definition) is 6. The van der Waals surface area contributed by atoms with Crippen molar-refractivity contribution >= 4 is 17.6 Å². The van der Waals surface area contributed by atoms with Crippen LogP contribution >= 0.6 is 0 Å². The average Bonchev–Trinajstić information content (AvgIpc) is 3.45. The fourth-order valence-corrected chi connectivity index (χ4v) is 6.39. The minimum Gasteiger partial charge on any atom is -0.454 e. The van der Waals surface area contributed by atoms with E-state index in [0.29, 0.717) is 25.9 Å². The Hall–Kier alpha value is -3.22. The van der Waals surface area contributed by atoms with Gasteiger partial charge in [-0.2, -0.15) is 0 Å². The highest BCUT2D eigenvalue weighted by atomic mass is 16.7. The molecule has 3 heterocycles. The summed E-state index contributed by atoms with van der Waals surface area (Å²) < 4.78 is 17.2. The number of fused-ring (bicyclic) bond motifs is 2. The van der Waals surface area contributed by atoms with Gasteiger partial charge in [-0.25, -0.2) is 4.79 Å². The number of anilines is 1. The summed E-state index contributed by atoms with van der Waals surface area (Å²) >= 11 is 0. The number of rotatable bonds is 2. The minimum atomic E-state index is -0.593. The molecule has 178 valence electrons. The molecule has 0 N–H and O–H groups in total. The van der Waals surface area contributed by atoms with Crippen LogP contribution in [0.4, 0.5) is 10.5 Å². The maximum absolute atomic E-state index is 13.2. The second kappa shape index (κ2) is 7.39. The molecule has 2 aromatic rings. The Labute approximate surface area is 199 Å². The fourth-order valence-electron chi connectivity index (χ4n) is 6.39. The molecule has 0 bridgehead atoms. The topological polar surface area (TPSA) is 68.3 Å². The van der Waals surface area contributed by atoms with E-state index in [1.54, 1.807) is 4.90 Å². The summed E-state index contributed by atoms with van der Waals surface area (Å²) in [6.45, 7) is 7.08. The van der Waals surface area contributed by atoms with E-state index in [4.69, 9.17) is 14.2 Å². The standard InChI is InChI=1S/C27H30N2O5/c1-26(2,3)34-25(31)28-10-9-27-19-13-21-22(33-16-32-21)14-20(19)29(15-17-7-5-4-6-8-17)24(27)12-18(30)11-23(27)28/h4-8,13-14,23-24H,9-12,15-16H2,1-3H3/t23-,24-,27+/m1/s1. The van der Waals surface area contributed by atoms with Crippen LogP contribution in [0.15, 0.2) is 42.5 Å². The lowest BCUT2D eigenvalue weighted by molar-refractivity contribution is -0.123. The van der Waals surface area contributed by atoms with Crippen LogP contribution in [0.2, 0.25) is 0 Å². The second-order valence-corrected chi connectivity index (χ2v) is 10.8. The molecule has 3 aliphatic heterocycles. The monoisotopic (exact) mass is 462 g/mol. The Kier molecular flexibility index (Phi) is 4.63. The molecule has 1 saturated heterocycles. The van der Waals surface area contributed by atoms with Gasteiger partial charge in [0.2, 0.25) is 6.79 Å². The Bertz CT molecular complexity index is 1160. The van der Waals surface area contributed by atoms with Gasteiger partial charge in [0.15, 0.2) is 11.5 Å². The van der Waals surface area contributed by atoms with Crippen molar-refractivity contribution in [1.29, 1.82) is 0 Å². The van der Waals surface area contributed by atoms with Gasteiger partial charge in [-0.1, -0.05) is 30.3 Å². The Morgan fingerprint density at radius 3 is 2.53 bits per heavy atom. The van der Waals surface area contributed by atoms with Crippen molar-refractivity contribution in [2.45, 2.75) is 69.7 Å². The molecule has 2 aromatic carbocycles. The molecule has 4 aliphatic rings. The van der Waals surface area contributed by atoms with E-state index < -0.39 is 5.60 Å². The summed E-state index contributed by atoms with van der Waals surface area (Å²) in [7, 11) is 0. The Morgan fingerprint density at radius 2 is 1.79 bits per heavy atom. The molecular weight excluding hydrogens is 432 g/mol. The summed E-state index contributed by atoms with van der Waals surface area (Å²) in [5, 5.41) is 0. The lowest BCUT2D eigenvalue weighted by Crippen LogP contribution is -2.58. The van der Waals surface area contributed by atoms with Crippen LogP contribution in [0.1, 0.15) is 51.2 Å². The van der Waals surface area contributed by atoms with Crippen molar-refractivity contribution in [3.63, 3.8) is 0 Å². The van der Waals surface area contributed by atoms with Crippen molar-refractivity contribution in [2.75, 3.05) is 18.2 Å². The molecule has 1 saturated carbocycles. The molecule has 0 unspecified atom stereocenters. The van der Waals surface area contributed by atoms with E-state index in [1.807, 2.05) is 39.0 Å². The van der Waals surface area contributed by atoms with Crippen LogP contribution in [-0.2, 0) is 21.5 Å². The zero-order chi connectivity index (χ0) is 23.7. The lowest BCUT2D eigenvalue weighted by Gasteiger charge is -2.45. The average molecular weight is 463 g/mol. The number of Topliss-reactive ketones (excluding diaryl/α,β-unsaturated/α-hetero) is 1. The highest BCUT2D eigenvalue weighted by Crippen LogP contribution is 2.60. The van der Waals surface area contributed by atoms with E-state index in [0.717, 1.165) is 29.2 Å². The number of hydrogen-bond donors (Lipinski definition) is 0. The quantitative estimate of drug-likeness (QED) is 0.659. The molecule has 3 atom stereocenters. The minimum absolute atomic E-state index is 0.0380. The zero-order valence-corrected chi connectivity index (χ0v) is 19.9. The Balaban J connectivity index is 1.47. The van der Waals surface area contributed by atoms with Gasteiger partial charge in [-0.05, 0) is 44.4 Å². The third-order valence-corrected chi connectivity index (χ3v) is 7.68. The first-order valence-corrected chi connectivity index (χ1v) is 12.0. The number of ether oxygens (including phenoxy) is 3. The van der Waals surface area contributed by atoms with E-state index in [1.165, 1.54) is 5.56 Å². The highest BCUT2D eigenvalue weighted by molar-refractivity contribution is 5.87. The third-order valence-electron chi connectivity index (χ3n) is 7.68. The van der Waals surface area contributed by atoms with Gasteiger partial charge in [0.25, 0.3) is 0 Å². The zero-order valence-electron chi connectivity index (χ0n) is 19.9. The SMILES string of the molecule is CC(C)(C)OC(=O)N1CC[C@@]23c4cc5c(cc4N(Cc4ccccc4)[C@@H]2CC(=O)C[C@@H]13)OCO5.